The van der Waals surface area contributed by atoms with Crippen molar-refractivity contribution in [2.24, 2.45) is 5.92 Å². The quantitative estimate of drug-likeness (QED) is 0.711. The van der Waals surface area contributed by atoms with Crippen molar-refractivity contribution < 1.29 is 23.9 Å². The van der Waals surface area contributed by atoms with Gasteiger partial charge in [0.2, 0.25) is 0 Å². The summed E-state index contributed by atoms with van der Waals surface area (Å²) >= 11 is 0. The van der Waals surface area contributed by atoms with Crippen LogP contribution in [0.5, 0.6) is 5.75 Å². The molecule has 1 saturated heterocycles. The highest BCUT2D eigenvalue weighted by atomic mass is 16.5. The molecule has 0 saturated carbocycles. The number of methoxy groups -OCH3 is 2. The maximum absolute atomic E-state index is 13.0. The maximum atomic E-state index is 13.0. The zero-order valence-corrected chi connectivity index (χ0v) is 16.9. The minimum absolute atomic E-state index is 0.152. The molecule has 1 aromatic carbocycles. The van der Waals surface area contributed by atoms with Crippen molar-refractivity contribution in [2.45, 2.75) is 18.5 Å². The van der Waals surface area contributed by atoms with Gasteiger partial charge in [0.1, 0.15) is 11.3 Å². The standard InChI is InChI=1S/C22H23N3O5/c1-13-23-21(28)22(24-13,16-7-4-14(5-8-16)20(27)30-3)12-25-11-15-6-9-17(29-2)10-18(15)19(25)26/h4-7,9-10,16,24H,1,8,11-12H2,2-3H3,(H,23,28). The van der Waals surface area contributed by atoms with E-state index < -0.39 is 11.5 Å². The summed E-state index contributed by atoms with van der Waals surface area (Å²) in [5, 5.41) is 5.90. The first-order chi connectivity index (χ1) is 14.4. The van der Waals surface area contributed by atoms with Gasteiger partial charge in [-0.15, -0.1) is 0 Å². The number of hydrogen-bond acceptors (Lipinski definition) is 6. The first kappa shape index (κ1) is 19.8. The van der Waals surface area contributed by atoms with Gasteiger partial charge in [-0.1, -0.05) is 30.9 Å². The number of amides is 2. The lowest BCUT2D eigenvalue weighted by molar-refractivity contribution is -0.135. The number of carbonyl (C=O) groups excluding carboxylic acids is 3. The Morgan fingerprint density at radius 3 is 2.73 bits per heavy atom. The fourth-order valence-electron chi connectivity index (χ4n) is 4.25. The summed E-state index contributed by atoms with van der Waals surface area (Å²) in [5.74, 6) is -0.108. The van der Waals surface area contributed by atoms with E-state index in [1.807, 2.05) is 18.2 Å². The molecule has 2 heterocycles. The lowest BCUT2D eigenvalue weighted by Crippen LogP contribution is -2.59. The minimum Gasteiger partial charge on any atom is -0.497 e. The molecule has 2 aliphatic heterocycles. The second-order valence-electron chi connectivity index (χ2n) is 7.57. The van der Waals surface area contributed by atoms with Crippen LogP contribution in [0.4, 0.5) is 0 Å². The lowest BCUT2D eigenvalue weighted by atomic mass is 9.78. The summed E-state index contributed by atoms with van der Waals surface area (Å²) in [6, 6.07) is 5.40. The molecule has 0 radical (unpaired) electrons. The predicted molar refractivity (Wildman–Crippen MR) is 108 cm³/mol. The third-order valence-electron chi connectivity index (χ3n) is 5.83. The highest BCUT2D eigenvalue weighted by Gasteiger charge is 2.51. The molecule has 8 nitrogen and oxygen atoms in total. The highest BCUT2D eigenvalue weighted by Crippen LogP contribution is 2.35. The van der Waals surface area contributed by atoms with E-state index in [-0.39, 0.29) is 24.3 Å². The third kappa shape index (κ3) is 3.14. The lowest BCUT2D eigenvalue weighted by Gasteiger charge is -2.37. The molecule has 0 bridgehead atoms. The van der Waals surface area contributed by atoms with Crippen molar-refractivity contribution in [3.05, 3.63) is 65.5 Å². The van der Waals surface area contributed by atoms with Gasteiger partial charge in [0.15, 0.2) is 0 Å². The SMILES string of the molecule is C=C1NC(=O)C(CN2Cc3ccc(OC)cc3C2=O)(C2C=CC(C(=O)OC)=CC2)N1. The second kappa shape index (κ2) is 7.37. The Kier molecular flexibility index (Phi) is 4.85. The Balaban J connectivity index is 1.61. The number of allylic oxidation sites excluding steroid dienone is 1. The number of hydrogen-bond donors (Lipinski definition) is 2. The van der Waals surface area contributed by atoms with Crippen LogP contribution in [0, 0.1) is 5.92 Å². The number of carbonyl (C=O) groups is 3. The minimum atomic E-state index is -1.09. The van der Waals surface area contributed by atoms with Gasteiger partial charge in [-0.2, -0.15) is 0 Å². The van der Waals surface area contributed by atoms with E-state index in [0.29, 0.717) is 35.7 Å². The Morgan fingerprint density at radius 2 is 2.13 bits per heavy atom. The molecule has 8 heteroatoms. The molecule has 3 aliphatic rings. The number of ether oxygens (including phenoxy) is 2. The molecule has 2 N–H and O–H groups in total. The Hall–Kier alpha value is -3.55. The average molecular weight is 409 g/mol. The molecular weight excluding hydrogens is 386 g/mol. The summed E-state index contributed by atoms with van der Waals surface area (Å²) in [7, 11) is 2.88. The molecule has 1 fully saturated rings. The number of fused-ring (bicyclic) bond motifs is 1. The smallest absolute Gasteiger partial charge is 0.337 e. The van der Waals surface area contributed by atoms with Crippen LogP contribution in [0.15, 0.2) is 54.4 Å². The van der Waals surface area contributed by atoms with E-state index in [1.54, 1.807) is 30.2 Å². The van der Waals surface area contributed by atoms with E-state index >= 15 is 0 Å². The van der Waals surface area contributed by atoms with Crippen LogP contribution in [0.1, 0.15) is 22.3 Å². The maximum Gasteiger partial charge on any atom is 0.337 e. The van der Waals surface area contributed by atoms with Crippen LogP contribution in [-0.4, -0.2) is 49.0 Å². The Labute approximate surface area is 174 Å². The van der Waals surface area contributed by atoms with E-state index in [9.17, 15) is 14.4 Å². The fourth-order valence-corrected chi connectivity index (χ4v) is 4.25. The number of nitrogens with zero attached hydrogens (tertiary/aromatic N) is 1. The van der Waals surface area contributed by atoms with Crippen molar-refractivity contribution in [1.29, 1.82) is 0 Å². The van der Waals surface area contributed by atoms with Crippen LogP contribution in [0.25, 0.3) is 0 Å². The predicted octanol–water partition coefficient (Wildman–Crippen LogP) is 1.26. The largest absolute Gasteiger partial charge is 0.497 e. The van der Waals surface area contributed by atoms with E-state index in [1.165, 1.54) is 7.11 Å². The van der Waals surface area contributed by atoms with Gasteiger partial charge < -0.3 is 25.0 Å². The summed E-state index contributed by atoms with van der Waals surface area (Å²) in [6.07, 6.45) is 5.66. The Bertz CT molecular complexity index is 1010. The van der Waals surface area contributed by atoms with Crippen LogP contribution >= 0.6 is 0 Å². The highest BCUT2D eigenvalue weighted by molar-refractivity contribution is 6.00. The van der Waals surface area contributed by atoms with Gasteiger partial charge >= 0.3 is 5.97 Å². The van der Waals surface area contributed by atoms with Crippen molar-refractivity contribution in [3.8, 4) is 5.75 Å². The van der Waals surface area contributed by atoms with Crippen LogP contribution in [-0.2, 0) is 20.9 Å². The summed E-state index contributed by atoms with van der Waals surface area (Å²) in [5.41, 5.74) is 0.819. The fraction of sp³-hybridized carbons (Fsp3) is 0.318. The van der Waals surface area contributed by atoms with Crippen molar-refractivity contribution in [1.82, 2.24) is 15.5 Å². The van der Waals surface area contributed by atoms with Crippen molar-refractivity contribution >= 4 is 17.8 Å². The molecular formula is C22H23N3O5. The number of benzene rings is 1. The molecule has 4 rings (SSSR count). The molecule has 1 aromatic rings. The first-order valence-corrected chi connectivity index (χ1v) is 9.59. The van der Waals surface area contributed by atoms with Crippen LogP contribution in [0.2, 0.25) is 0 Å². The second-order valence-corrected chi connectivity index (χ2v) is 7.57. The average Bonchev–Trinajstić information content (AvgIpc) is 3.22. The summed E-state index contributed by atoms with van der Waals surface area (Å²) in [6.45, 7) is 4.39. The molecule has 0 aromatic heterocycles. The normalized spacial score (nSPS) is 24.9. The van der Waals surface area contributed by atoms with Crippen molar-refractivity contribution in [2.75, 3.05) is 20.8 Å². The summed E-state index contributed by atoms with van der Waals surface area (Å²) in [4.78, 5) is 39.5. The molecule has 2 amide bonds. The van der Waals surface area contributed by atoms with E-state index in [0.717, 1.165) is 5.56 Å². The number of rotatable bonds is 5. The van der Waals surface area contributed by atoms with E-state index in [2.05, 4.69) is 17.2 Å². The molecule has 156 valence electrons. The van der Waals surface area contributed by atoms with E-state index in [4.69, 9.17) is 9.47 Å². The zero-order valence-electron chi connectivity index (χ0n) is 16.9. The zero-order chi connectivity index (χ0) is 21.5. The number of nitrogens with one attached hydrogen (secondary N) is 2. The van der Waals surface area contributed by atoms with Gasteiger partial charge in [0.25, 0.3) is 11.8 Å². The van der Waals surface area contributed by atoms with Gasteiger partial charge in [-0.25, -0.2) is 4.79 Å². The Morgan fingerprint density at radius 1 is 1.33 bits per heavy atom. The van der Waals surface area contributed by atoms with Gasteiger partial charge in [-0.3, -0.25) is 9.59 Å². The van der Waals surface area contributed by atoms with Crippen LogP contribution in [0.3, 0.4) is 0 Å². The summed E-state index contributed by atoms with van der Waals surface area (Å²) < 4.78 is 9.99. The van der Waals surface area contributed by atoms with Crippen LogP contribution < -0.4 is 15.4 Å². The molecule has 2 atom stereocenters. The third-order valence-corrected chi connectivity index (χ3v) is 5.83. The van der Waals surface area contributed by atoms with Gasteiger partial charge in [0.05, 0.1) is 32.2 Å². The monoisotopic (exact) mass is 409 g/mol. The first-order valence-electron chi connectivity index (χ1n) is 9.59. The van der Waals surface area contributed by atoms with Gasteiger partial charge in [0, 0.05) is 18.0 Å². The van der Waals surface area contributed by atoms with Gasteiger partial charge in [-0.05, 0) is 24.1 Å². The van der Waals surface area contributed by atoms with Crippen molar-refractivity contribution in [3.63, 3.8) is 0 Å². The molecule has 1 aliphatic carbocycles. The molecule has 0 spiro atoms. The number of esters is 1. The molecule has 30 heavy (non-hydrogen) atoms. The molecule has 2 unspecified atom stereocenters. The topological polar surface area (TPSA) is 97.0 Å².